The topological polar surface area (TPSA) is 0 Å². The van der Waals surface area contributed by atoms with E-state index in [2.05, 4.69) is 6.92 Å². The molecule has 0 heterocycles. The van der Waals surface area contributed by atoms with E-state index in [4.69, 9.17) is 0 Å². The van der Waals surface area contributed by atoms with Crippen molar-refractivity contribution in [1.29, 1.82) is 0 Å². The number of halogens is 2. The van der Waals surface area contributed by atoms with Crippen LogP contribution in [0.3, 0.4) is 0 Å². The summed E-state index contributed by atoms with van der Waals surface area (Å²) in [5, 5.41) is 0.177. The van der Waals surface area contributed by atoms with E-state index < -0.39 is 14.2 Å². The van der Waals surface area contributed by atoms with Crippen LogP contribution in [0.1, 0.15) is 70.3 Å². The Hall–Kier alpha value is -0.637. The summed E-state index contributed by atoms with van der Waals surface area (Å²) in [6, 6.07) is 10.1. The van der Waals surface area contributed by atoms with Crippen LogP contribution in [0.15, 0.2) is 41.3 Å². The summed E-state index contributed by atoms with van der Waals surface area (Å²) < 4.78 is 27.9. The number of benzene rings is 1. The second-order valence-corrected chi connectivity index (χ2v) is 11.4. The van der Waals surface area contributed by atoms with E-state index >= 15 is 0 Å². The van der Waals surface area contributed by atoms with Gasteiger partial charge in [0.15, 0.2) is 0 Å². The van der Waals surface area contributed by atoms with Crippen LogP contribution < -0.4 is 0 Å². The third-order valence-electron chi connectivity index (χ3n) is 4.17. The average molecular weight is 383 g/mol. The molecule has 0 atom stereocenters. The molecule has 0 bridgehead atoms. The van der Waals surface area contributed by atoms with Crippen LogP contribution in [0, 0.1) is 0 Å². The van der Waals surface area contributed by atoms with Crippen molar-refractivity contribution in [2.75, 3.05) is 0 Å². The third-order valence-corrected chi connectivity index (χ3v) is 7.83. The zero-order valence-electron chi connectivity index (χ0n) is 14.6. The van der Waals surface area contributed by atoms with Crippen molar-refractivity contribution in [3.05, 3.63) is 46.9 Å². The molecule has 0 saturated carbocycles. The van der Waals surface area contributed by atoms with Gasteiger partial charge in [0.1, 0.15) is 0 Å². The minimum atomic E-state index is -4.62. The third kappa shape index (κ3) is 11.5. The molecule has 3 heteroatoms. The van der Waals surface area contributed by atoms with Crippen LogP contribution in [0.4, 0.5) is 7.00 Å². The first-order valence-corrected chi connectivity index (χ1v) is 13.5. The second-order valence-electron chi connectivity index (χ2n) is 6.41. The number of rotatable bonds is 13. The van der Waals surface area contributed by atoms with Gasteiger partial charge in [-0.1, -0.05) is 0 Å². The number of unbranched alkanes of at least 4 members (excludes halogenated alkanes) is 7. The van der Waals surface area contributed by atoms with Gasteiger partial charge in [-0.05, 0) is 0 Å². The van der Waals surface area contributed by atoms with Crippen molar-refractivity contribution in [2.24, 2.45) is 0 Å². The molecule has 1 aromatic carbocycles. The van der Waals surface area contributed by atoms with Crippen LogP contribution in [0.5, 0.6) is 0 Å². The van der Waals surface area contributed by atoms with Gasteiger partial charge in [0, 0.05) is 0 Å². The molecule has 0 aliphatic carbocycles. The summed E-state index contributed by atoms with van der Waals surface area (Å²) in [5.41, 5.74) is 1.22. The Kier molecular flexibility index (Phi) is 11.3. The quantitative estimate of drug-likeness (QED) is 0.249. The Morgan fingerprint density at radius 3 is 2.13 bits per heavy atom. The van der Waals surface area contributed by atoms with Crippen molar-refractivity contribution >= 4 is 14.2 Å². The average Bonchev–Trinajstić information content (AvgIpc) is 2.55. The van der Waals surface area contributed by atoms with Gasteiger partial charge in [-0.25, -0.2) is 0 Å². The standard InChI is InChI=1S/C20H32F2Ge/c1-2-3-4-5-6-7-8-13-18-23(21,22)19-14-12-17-20-15-10-9-11-16-20/h9-11,14-16,19H,2-8,12-13,17-18H2,1H3/b19-14+. The van der Waals surface area contributed by atoms with Crippen LogP contribution in [-0.4, -0.2) is 14.2 Å². The van der Waals surface area contributed by atoms with Gasteiger partial charge in [-0.3, -0.25) is 0 Å². The molecular weight excluding hydrogens is 351 g/mol. The van der Waals surface area contributed by atoms with E-state index in [0.717, 1.165) is 25.7 Å². The van der Waals surface area contributed by atoms with E-state index in [1.54, 1.807) is 6.08 Å². The normalized spacial score (nSPS) is 12.1. The van der Waals surface area contributed by atoms with Crippen LogP contribution in [-0.2, 0) is 6.42 Å². The van der Waals surface area contributed by atoms with Crippen molar-refractivity contribution in [3.63, 3.8) is 0 Å². The number of allylic oxidation sites excluding steroid dienone is 1. The van der Waals surface area contributed by atoms with Crippen LogP contribution in [0.2, 0.25) is 5.25 Å². The van der Waals surface area contributed by atoms with E-state index in [9.17, 15) is 7.00 Å². The summed E-state index contributed by atoms with van der Waals surface area (Å²) in [4.78, 5) is 1.30. The summed E-state index contributed by atoms with van der Waals surface area (Å²) in [6.07, 6.45) is 12.5. The predicted octanol–water partition coefficient (Wildman–Crippen LogP) is 7.24. The Bertz CT molecular complexity index is 415. The summed E-state index contributed by atoms with van der Waals surface area (Å²) in [6.45, 7) is 2.21. The van der Waals surface area contributed by atoms with Crippen molar-refractivity contribution in [3.8, 4) is 0 Å². The predicted molar refractivity (Wildman–Crippen MR) is 99.3 cm³/mol. The van der Waals surface area contributed by atoms with Gasteiger partial charge in [0.05, 0.1) is 0 Å². The molecule has 0 radical (unpaired) electrons. The zero-order chi connectivity index (χ0) is 16.8. The maximum atomic E-state index is 13.9. The second kappa shape index (κ2) is 12.7. The summed E-state index contributed by atoms with van der Waals surface area (Å²) in [5.74, 6) is 0. The fourth-order valence-corrected chi connectivity index (χ4v) is 5.66. The molecular formula is C20H32F2Ge. The van der Waals surface area contributed by atoms with E-state index in [-0.39, 0.29) is 5.25 Å². The molecule has 1 aromatic rings. The monoisotopic (exact) mass is 384 g/mol. The molecule has 0 nitrogen and oxygen atoms in total. The first-order chi connectivity index (χ1) is 11.1. The zero-order valence-corrected chi connectivity index (χ0v) is 16.7. The molecule has 23 heavy (non-hydrogen) atoms. The Morgan fingerprint density at radius 2 is 1.48 bits per heavy atom. The number of hydrogen-bond acceptors (Lipinski definition) is 0. The SMILES string of the molecule is CCCCCCCCC[CH2][Ge]([F])([F])/[CH]=C/CCc1ccccc1. The van der Waals surface area contributed by atoms with Crippen LogP contribution >= 0.6 is 0 Å². The summed E-state index contributed by atoms with van der Waals surface area (Å²) >= 11 is -4.62. The minimum absolute atomic E-state index is 0.177. The maximum absolute atomic E-state index is 13.9. The Labute approximate surface area is 144 Å². The van der Waals surface area contributed by atoms with Crippen molar-refractivity contribution < 1.29 is 7.00 Å². The summed E-state index contributed by atoms with van der Waals surface area (Å²) in [7, 11) is 0. The number of aryl methyl sites for hydroxylation is 1. The van der Waals surface area contributed by atoms with Gasteiger partial charge in [0.25, 0.3) is 0 Å². The molecule has 1 rings (SSSR count). The molecule has 0 unspecified atom stereocenters. The molecule has 130 valence electrons. The Balaban J connectivity index is 2.06. The van der Waals surface area contributed by atoms with Gasteiger partial charge in [-0.2, -0.15) is 0 Å². The van der Waals surface area contributed by atoms with Crippen molar-refractivity contribution in [1.82, 2.24) is 0 Å². The van der Waals surface area contributed by atoms with Gasteiger partial charge < -0.3 is 0 Å². The van der Waals surface area contributed by atoms with Crippen molar-refractivity contribution in [2.45, 2.75) is 76.4 Å². The molecule has 0 aromatic heterocycles. The number of hydrogen-bond donors (Lipinski definition) is 0. The molecule has 0 amide bonds. The fourth-order valence-electron chi connectivity index (χ4n) is 2.73. The van der Waals surface area contributed by atoms with Gasteiger partial charge in [-0.15, -0.1) is 0 Å². The molecule has 0 N–H and O–H groups in total. The fraction of sp³-hybridized carbons (Fsp3) is 0.600. The molecule has 0 spiro atoms. The molecule has 0 fully saturated rings. The van der Waals surface area contributed by atoms with Gasteiger partial charge in [0.2, 0.25) is 0 Å². The molecule has 0 saturated heterocycles. The first-order valence-electron chi connectivity index (χ1n) is 9.23. The van der Waals surface area contributed by atoms with E-state index in [1.165, 1.54) is 42.6 Å². The molecule has 0 aliphatic heterocycles. The van der Waals surface area contributed by atoms with Crippen LogP contribution in [0.25, 0.3) is 0 Å². The van der Waals surface area contributed by atoms with E-state index in [0.29, 0.717) is 6.42 Å². The van der Waals surface area contributed by atoms with E-state index in [1.807, 2.05) is 30.3 Å². The Morgan fingerprint density at radius 1 is 0.870 bits per heavy atom. The molecule has 0 aliphatic rings. The first kappa shape index (κ1) is 20.4. The van der Waals surface area contributed by atoms with Gasteiger partial charge >= 0.3 is 144 Å².